The summed E-state index contributed by atoms with van der Waals surface area (Å²) in [6.45, 7) is 6.40. The second-order valence-electron chi connectivity index (χ2n) is 6.26. The van der Waals surface area contributed by atoms with Crippen LogP contribution in [0, 0.1) is 0 Å². The fourth-order valence-corrected chi connectivity index (χ4v) is 2.92. The zero-order chi connectivity index (χ0) is 17.2. The van der Waals surface area contributed by atoms with Crippen LogP contribution in [-0.4, -0.2) is 61.8 Å². The maximum Gasteiger partial charge on any atom is 0.187 e. The second-order valence-corrected chi connectivity index (χ2v) is 7.67. The van der Waals surface area contributed by atoms with Gasteiger partial charge < -0.3 is 9.66 Å². The van der Waals surface area contributed by atoms with Gasteiger partial charge in [-0.15, -0.1) is 0 Å². The highest BCUT2D eigenvalue weighted by atomic mass is 32.2. The maximum atomic E-state index is 9.75. The molecule has 0 aromatic heterocycles. The van der Waals surface area contributed by atoms with Crippen LogP contribution in [0.15, 0.2) is 0 Å². The molecule has 0 radical (unpaired) electrons. The molecule has 0 aromatic rings. The van der Waals surface area contributed by atoms with Gasteiger partial charge in [0.15, 0.2) is 6.23 Å². The lowest BCUT2D eigenvalue weighted by Gasteiger charge is -2.26. The molecule has 0 amide bonds. The van der Waals surface area contributed by atoms with Crippen LogP contribution in [0.5, 0.6) is 0 Å². The van der Waals surface area contributed by atoms with E-state index in [9.17, 15) is 5.11 Å². The first kappa shape index (κ1) is 21.8. The molecule has 134 valence electrons. The van der Waals surface area contributed by atoms with Crippen LogP contribution in [0.2, 0.25) is 0 Å². The van der Waals surface area contributed by atoms with Crippen LogP contribution < -0.4 is 4.90 Å². The van der Waals surface area contributed by atoms with Crippen LogP contribution in [-0.2, 0) is 10.1 Å². The summed E-state index contributed by atoms with van der Waals surface area (Å²) < 4.78 is 27.2. The molecule has 0 saturated carbocycles. The van der Waals surface area contributed by atoms with Crippen LogP contribution in [0.3, 0.4) is 0 Å². The third kappa shape index (κ3) is 11.4. The molecular formula is C15H34N2O4S. The number of aliphatic hydroxyl groups is 1. The third-order valence-electron chi connectivity index (χ3n) is 4.08. The Bertz CT molecular complexity index is 366. The molecule has 1 rings (SSSR count). The lowest BCUT2D eigenvalue weighted by molar-refractivity contribution is -0.961. The number of hydrogen-bond acceptors (Lipinski definition) is 5. The molecule has 0 bridgehead atoms. The summed E-state index contributed by atoms with van der Waals surface area (Å²) >= 11 is 0. The summed E-state index contributed by atoms with van der Waals surface area (Å²) in [6.07, 6.45) is 10.3. The number of likely N-dealkylation sites (N-methyl/N-ethyl adjacent to an activating group) is 1. The number of aliphatic hydroxyl groups excluding tert-OH is 1. The topological polar surface area (TPSA) is 85.1 Å². The van der Waals surface area contributed by atoms with E-state index >= 15 is 0 Å². The van der Waals surface area contributed by atoms with Gasteiger partial charge in [-0.2, -0.15) is 0 Å². The zero-order valence-electron chi connectivity index (χ0n) is 14.5. The van der Waals surface area contributed by atoms with Crippen LogP contribution in [0.4, 0.5) is 0 Å². The van der Waals surface area contributed by atoms with Gasteiger partial charge in [0.05, 0.1) is 23.2 Å². The molecule has 1 aliphatic heterocycles. The van der Waals surface area contributed by atoms with Crippen LogP contribution in [0.1, 0.15) is 58.8 Å². The van der Waals surface area contributed by atoms with Gasteiger partial charge in [0.25, 0.3) is 0 Å². The largest absolute Gasteiger partial charge is 0.748 e. The Morgan fingerprint density at radius 1 is 1.27 bits per heavy atom. The molecule has 1 saturated heterocycles. The van der Waals surface area contributed by atoms with E-state index < -0.39 is 10.1 Å². The molecule has 3 unspecified atom stereocenters. The van der Waals surface area contributed by atoms with Crippen molar-refractivity contribution in [3.63, 3.8) is 0 Å². The van der Waals surface area contributed by atoms with E-state index in [1.54, 1.807) is 0 Å². The van der Waals surface area contributed by atoms with Gasteiger partial charge in [0, 0.05) is 19.6 Å². The molecule has 3 atom stereocenters. The molecule has 0 spiro atoms. The van der Waals surface area contributed by atoms with Crippen molar-refractivity contribution in [2.75, 3.05) is 26.4 Å². The van der Waals surface area contributed by atoms with E-state index in [-0.39, 0.29) is 6.23 Å². The maximum absolute atomic E-state index is 9.75. The second kappa shape index (κ2) is 11.3. The Kier molecular flexibility index (Phi) is 11.2. The van der Waals surface area contributed by atoms with Gasteiger partial charge >= 0.3 is 0 Å². The van der Waals surface area contributed by atoms with Crippen molar-refractivity contribution < 1.29 is 23.0 Å². The summed E-state index contributed by atoms with van der Waals surface area (Å²) in [4.78, 5) is 3.77. The van der Waals surface area contributed by atoms with Gasteiger partial charge in [-0.3, -0.25) is 9.80 Å². The van der Waals surface area contributed by atoms with Gasteiger partial charge in [0.1, 0.15) is 6.17 Å². The SMILES string of the molecule is CCCCCCCCC1N(C)CC[NH+]1C(C)O.CS(=O)(=O)[O-]. The van der Waals surface area contributed by atoms with Gasteiger partial charge in [-0.25, -0.2) is 8.42 Å². The average molecular weight is 339 g/mol. The highest BCUT2D eigenvalue weighted by molar-refractivity contribution is 7.84. The summed E-state index contributed by atoms with van der Waals surface area (Å²) in [5.74, 6) is 0. The number of quaternary nitrogens is 1. The highest BCUT2D eigenvalue weighted by Crippen LogP contribution is 2.10. The molecule has 1 aliphatic rings. The summed E-state index contributed by atoms with van der Waals surface area (Å²) in [6, 6.07) is 0. The Morgan fingerprint density at radius 3 is 2.27 bits per heavy atom. The summed E-state index contributed by atoms with van der Waals surface area (Å²) in [5.41, 5.74) is 0. The smallest absolute Gasteiger partial charge is 0.187 e. The van der Waals surface area contributed by atoms with Gasteiger partial charge in [-0.1, -0.05) is 39.0 Å². The van der Waals surface area contributed by atoms with E-state index in [4.69, 9.17) is 13.0 Å². The first-order valence-electron chi connectivity index (χ1n) is 8.31. The Hall–Kier alpha value is -0.210. The minimum atomic E-state index is -3.92. The standard InChI is InChI=1S/C14H30N2O.CH4O3S/c1-4-5-6-7-8-9-10-14-15(3)11-12-16(14)13(2)17;1-5(2,3)4/h13-14,17H,4-12H2,1-3H3;1H3,(H,2,3,4). The molecular weight excluding hydrogens is 304 g/mol. The highest BCUT2D eigenvalue weighted by Gasteiger charge is 2.35. The van der Waals surface area contributed by atoms with Crippen LogP contribution >= 0.6 is 0 Å². The van der Waals surface area contributed by atoms with Gasteiger partial charge in [-0.05, 0) is 13.5 Å². The molecule has 0 aliphatic carbocycles. The molecule has 1 heterocycles. The van der Waals surface area contributed by atoms with Crippen molar-refractivity contribution in [1.29, 1.82) is 0 Å². The minimum Gasteiger partial charge on any atom is -0.748 e. The number of nitrogens with zero attached hydrogens (tertiary/aromatic N) is 1. The average Bonchev–Trinajstić information content (AvgIpc) is 2.73. The van der Waals surface area contributed by atoms with Gasteiger partial charge in [0.2, 0.25) is 0 Å². The number of rotatable bonds is 8. The Labute approximate surface area is 136 Å². The lowest BCUT2D eigenvalue weighted by atomic mass is 10.1. The summed E-state index contributed by atoms with van der Waals surface area (Å²) in [7, 11) is -1.73. The molecule has 0 aromatic carbocycles. The Balaban J connectivity index is 0.000000763. The molecule has 6 nitrogen and oxygen atoms in total. The predicted octanol–water partition coefficient (Wildman–Crippen LogP) is 0.393. The molecule has 7 heteroatoms. The van der Waals surface area contributed by atoms with Crippen molar-refractivity contribution in [2.24, 2.45) is 0 Å². The molecule has 2 N–H and O–H groups in total. The van der Waals surface area contributed by atoms with E-state index in [0.717, 1.165) is 13.1 Å². The zero-order valence-corrected chi connectivity index (χ0v) is 15.4. The van der Waals surface area contributed by atoms with E-state index in [2.05, 4.69) is 18.9 Å². The third-order valence-corrected chi connectivity index (χ3v) is 4.08. The van der Waals surface area contributed by atoms with Crippen LogP contribution in [0.25, 0.3) is 0 Å². The molecule has 1 fully saturated rings. The van der Waals surface area contributed by atoms with E-state index in [0.29, 0.717) is 12.4 Å². The monoisotopic (exact) mass is 338 g/mol. The van der Waals surface area contributed by atoms with Crippen molar-refractivity contribution in [3.05, 3.63) is 0 Å². The Morgan fingerprint density at radius 2 is 1.77 bits per heavy atom. The minimum absolute atomic E-state index is 0.218. The summed E-state index contributed by atoms with van der Waals surface area (Å²) in [5, 5.41) is 9.75. The first-order chi connectivity index (χ1) is 10.2. The predicted molar refractivity (Wildman–Crippen MR) is 87.5 cm³/mol. The fraction of sp³-hybridized carbons (Fsp3) is 1.00. The first-order valence-corrected chi connectivity index (χ1v) is 10.1. The van der Waals surface area contributed by atoms with Crippen molar-refractivity contribution >= 4 is 10.1 Å². The lowest BCUT2D eigenvalue weighted by Crippen LogP contribution is -3.17. The molecule has 22 heavy (non-hydrogen) atoms. The quantitative estimate of drug-likeness (QED) is 0.494. The normalized spacial score (nSPS) is 23.9. The van der Waals surface area contributed by atoms with E-state index in [1.807, 2.05) is 6.92 Å². The van der Waals surface area contributed by atoms with Crippen molar-refractivity contribution in [3.8, 4) is 0 Å². The van der Waals surface area contributed by atoms with Crippen molar-refractivity contribution in [1.82, 2.24) is 4.90 Å². The van der Waals surface area contributed by atoms with Crippen molar-refractivity contribution in [2.45, 2.75) is 71.2 Å². The number of hydrogen-bond donors (Lipinski definition) is 2. The number of unbranched alkanes of at least 4 members (excludes halogenated alkanes) is 5. The van der Waals surface area contributed by atoms with E-state index in [1.165, 1.54) is 49.8 Å². The number of nitrogens with one attached hydrogen (secondary N) is 1. The fourth-order valence-electron chi connectivity index (χ4n) is 2.92.